The first-order valence-corrected chi connectivity index (χ1v) is 8.65. The molecule has 1 heterocycles. The molecular formula is C18H18FNO3S. The predicted molar refractivity (Wildman–Crippen MR) is 89.7 cm³/mol. The van der Waals surface area contributed by atoms with E-state index in [0.717, 1.165) is 6.42 Å². The average molecular weight is 347 g/mol. The second kappa shape index (κ2) is 6.73. The molecule has 1 saturated carbocycles. The Morgan fingerprint density at radius 1 is 1.33 bits per heavy atom. The minimum absolute atomic E-state index is 0.00639. The van der Waals surface area contributed by atoms with E-state index < -0.39 is 17.7 Å². The zero-order chi connectivity index (χ0) is 17.3. The third kappa shape index (κ3) is 3.48. The number of thiophene rings is 1. The lowest BCUT2D eigenvalue weighted by Crippen LogP contribution is -2.33. The van der Waals surface area contributed by atoms with Gasteiger partial charge in [0.25, 0.3) is 0 Å². The lowest BCUT2D eigenvalue weighted by Gasteiger charge is -2.14. The van der Waals surface area contributed by atoms with Gasteiger partial charge in [-0.2, -0.15) is 0 Å². The highest BCUT2D eigenvalue weighted by Gasteiger charge is 2.45. The van der Waals surface area contributed by atoms with Gasteiger partial charge in [-0.05, 0) is 48.1 Å². The third-order valence-electron chi connectivity index (χ3n) is 4.42. The van der Waals surface area contributed by atoms with Gasteiger partial charge in [-0.3, -0.25) is 9.59 Å². The van der Waals surface area contributed by atoms with E-state index in [4.69, 9.17) is 0 Å². The standard InChI is InChI=1S/C18H18FNO3S/c1-10-6-7-24-16(10)13-8-14(13)17(21)20-9-15(18(22)23)11-2-4-12(19)5-3-11/h2-7,13-15H,8-9H2,1H3,(H,20,21)(H,22,23). The number of nitrogens with one attached hydrogen (secondary N) is 1. The Balaban J connectivity index is 1.59. The van der Waals surface area contributed by atoms with Crippen molar-refractivity contribution < 1.29 is 19.1 Å². The van der Waals surface area contributed by atoms with Gasteiger partial charge >= 0.3 is 5.97 Å². The Bertz CT molecular complexity index is 756. The van der Waals surface area contributed by atoms with E-state index in [-0.39, 0.29) is 24.3 Å². The summed E-state index contributed by atoms with van der Waals surface area (Å²) in [5, 5.41) is 14.1. The van der Waals surface area contributed by atoms with Crippen molar-refractivity contribution in [3.05, 3.63) is 57.5 Å². The zero-order valence-corrected chi connectivity index (χ0v) is 14.0. The summed E-state index contributed by atoms with van der Waals surface area (Å²) in [4.78, 5) is 24.9. The summed E-state index contributed by atoms with van der Waals surface area (Å²) in [6.45, 7) is 2.04. The van der Waals surface area contributed by atoms with Crippen LogP contribution in [0.2, 0.25) is 0 Å². The number of aliphatic carboxylic acids is 1. The number of hydrogen-bond donors (Lipinski definition) is 2. The molecule has 126 valence electrons. The third-order valence-corrected chi connectivity index (χ3v) is 5.57. The molecule has 0 radical (unpaired) electrons. The second-order valence-electron chi connectivity index (χ2n) is 6.10. The first-order chi connectivity index (χ1) is 11.5. The maximum Gasteiger partial charge on any atom is 0.312 e. The van der Waals surface area contributed by atoms with Crippen LogP contribution in [0.4, 0.5) is 4.39 Å². The predicted octanol–water partition coefficient (Wildman–Crippen LogP) is 3.28. The Hall–Kier alpha value is -2.21. The maximum atomic E-state index is 13.0. The average Bonchev–Trinajstić information content (AvgIpc) is 3.23. The molecule has 2 aromatic rings. The minimum Gasteiger partial charge on any atom is -0.481 e. The van der Waals surface area contributed by atoms with Crippen LogP contribution >= 0.6 is 11.3 Å². The molecule has 2 N–H and O–H groups in total. The number of carboxylic acids is 1. The number of halogens is 1. The van der Waals surface area contributed by atoms with Crippen molar-refractivity contribution in [1.82, 2.24) is 5.32 Å². The van der Waals surface area contributed by atoms with Gasteiger partial charge in [-0.15, -0.1) is 11.3 Å². The van der Waals surface area contributed by atoms with Gasteiger partial charge in [0.15, 0.2) is 0 Å². The normalized spacial score (nSPS) is 20.4. The fraction of sp³-hybridized carbons (Fsp3) is 0.333. The van der Waals surface area contributed by atoms with Crippen LogP contribution in [0.5, 0.6) is 0 Å². The van der Waals surface area contributed by atoms with Crippen LogP contribution in [-0.4, -0.2) is 23.5 Å². The maximum absolute atomic E-state index is 13.0. The van der Waals surface area contributed by atoms with Gasteiger partial charge in [0.2, 0.25) is 5.91 Å². The quantitative estimate of drug-likeness (QED) is 0.843. The fourth-order valence-electron chi connectivity index (χ4n) is 2.92. The highest BCUT2D eigenvalue weighted by molar-refractivity contribution is 7.10. The highest BCUT2D eigenvalue weighted by Crippen LogP contribution is 2.50. The van der Waals surface area contributed by atoms with Crippen LogP contribution in [0.15, 0.2) is 35.7 Å². The van der Waals surface area contributed by atoms with Crippen molar-refractivity contribution in [3.8, 4) is 0 Å². The van der Waals surface area contributed by atoms with Crippen LogP contribution in [-0.2, 0) is 9.59 Å². The van der Waals surface area contributed by atoms with Gasteiger partial charge in [0.1, 0.15) is 5.82 Å². The number of aryl methyl sites for hydroxylation is 1. The molecule has 0 spiro atoms. The molecule has 4 nitrogen and oxygen atoms in total. The van der Waals surface area contributed by atoms with Crippen molar-refractivity contribution in [2.45, 2.75) is 25.2 Å². The lowest BCUT2D eigenvalue weighted by atomic mass is 9.99. The summed E-state index contributed by atoms with van der Waals surface area (Å²) in [7, 11) is 0. The summed E-state index contributed by atoms with van der Waals surface area (Å²) >= 11 is 1.66. The van der Waals surface area contributed by atoms with Crippen LogP contribution < -0.4 is 5.32 Å². The van der Waals surface area contributed by atoms with E-state index in [1.54, 1.807) is 11.3 Å². The number of benzene rings is 1. The molecule has 0 bridgehead atoms. The van der Waals surface area contributed by atoms with E-state index in [1.807, 2.05) is 18.4 Å². The lowest BCUT2D eigenvalue weighted by molar-refractivity contribution is -0.138. The first-order valence-electron chi connectivity index (χ1n) is 7.77. The molecule has 1 aliphatic rings. The van der Waals surface area contributed by atoms with Crippen molar-refractivity contribution in [1.29, 1.82) is 0 Å². The Morgan fingerprint density at radius 2 is 2.04 bits per heavy atom. The summed E-state index contributed by atoms with van der Waals surface area (Å²) in [6.07, 6.45) is 0.807. The monoisotopic (exact) mass is 347 g/mol. The smallest absolute Gasteiger partial charge is 0.312 e. The summed E-state index contributed by atoms with van der Waals surface area (Å²) in [5.41, 5.74) is 1.68. The molecule has 24 heavy (non-hydrogen) atoms. The van der Waals surface area contributed by atoms with Crippen molar-refractivity contribution >= 4 is 23.2 Å². The number of carbonyl (C=O) groups is 2. The minimum atomic E-state index is -1.04. The molecule has 1 aliphatic carbocycles. The molecule has 6 heteroatoms. The number of hydrogen-bond acceptors (Lipinski definition) is 3. The van der Waals surface area contributed by atoms with Crippen LogP contribution in [0, 0.1) is 18.7 Å². The molecular weight excluding hydrogens is 329 g/mol. The van der Waals surface area contributed by atoms with Crippen LogP contribution in [0.3, 0.4) is 0 Å². The number of rotatable bonds is 6. The van der Waals surface area contributed by atoms with Gasteiger partial charge < -0.3 is 10.4 Å². The van der Waals surface area contributed by atoms with E-state index in [9.17, 15) is 19.1 Å². The largest absolute Gasteiger partial charge is 0.481 e. The SMILES string of the molecule is Cc1ccsc1C1CC1C(=O)NCC(C(=O)O)c1ccc(F)cc1. The first kappa shape index (κ1) is 16.6. The molecule has 0 aliphatic heterocycles. The molecule has 1 amide bonds. The molecule has 3 atom stereocenters. The summed E-state index contributed by atoms with van der Waals surface area (Å²) in [6, 6.07) is 7.37. The van der Waals surface area contributed by atoms with E-state index in [0.29, 0.717) is 5.56 Å². The van der Waals surface area contributed by atoms with Gasteiger partial charge in [-0.1, -0.05) is 12.1 Å². The molecule has 1 aromatic carbocycles. The Labute approximate surface area is 143 Å². The highest BCUT2D eigenvalue weighted by atomic mass is 32.1. The van der Waals surface area contributed by atoms with E-state index >= 15 is 0 Å². The van der Waals surface area contributed by atoms with E-state index in [2.05, 4.69) is 5.32 Å². The van der Waals surface area contributed by atoms with Gasteiger partial charge in [0, 0.05) is 23.3 Å². The molecule has 3 unspecified atom stereocenters. The zero-order valence-electron chi connectivity index (χ0n) is 13.2. The number of amides is 1. The Morgan fingerprint density at radius 3 is 2.62 bits per heavy atom. The van der Waals surface area contributed by atoms with Crippen molar-refractivity contribution in [3.63, 3.8) is 0 Å². The van der Waals surface area contributed by atoms with Gasteiger partial charge in [0.05, 0.1) is 5.92 Å². The van der Waals surface area contributed by atoms with E-state index in [1.165, 1.54) is 34.7 Å². The van der Waals surface area contributed by atoms with Gasteiger partial charge in [-0.25, -0.2) is 4.39 Å². The topological polar surface area (TPSA) is 66.4 Å². The molecule has 3 rings (SSSR count). The second-order valence-corrected chi connectivity index (χ2v) is 7.05. The molecule has 0 saturated heterocycles. The molecule has 1 aromatic heterocycles. The molecule has 1 fully saturated rings. The Kier molecular flexibility index (Phi) is 4.66. The summed E-state index contributed by atoms with van der Waals surface area (Å²) in [5.74, 6) is -2.28. The number of carboxylic acid groups (broad SMARTS) is 1. The van der Waals surface area contributed by atoms with Crippen LogP contribution in [0.1, 0.15) is 34.3 Å². The fourth-order valence-corrected chi connectivity index (χ4v) is 4.02. The number of carbonyl (C=O) groups excluding carboxylic acids is 1. The van der Waals surface area contributed by atoms with Crippen molar-refractivity contribution in [2.24, 2.45) is 5.92 Å². The van der Waals surface area contributed by atoms with Crippen molar-refractivity contribution in [2.75, 3.05) is 6.54 Å². The summed E-state index contributed by atoms with van der Waals surface area (Å²) < 4.78 is 13.0. The van der Waals surface area contributed by atoms with Crippen LogP contribution in [0.25, 0.3) is 0 Å².